The van der Waals surface area contributed by atoms with Gasteiger partial charge in [-0.05, 0) is 30.5 Å². The van der Waals surface area contributed by atoms with Gasteiger partial charge in [-0.3, -0.25) is 9.69 Å². The second kappa shape index (κ2) is 7.42. The van der Waals surface area contributed by atoms with E-state index in [0.29, 0.717) is 0 Å². The van der Waals surface area contributed by atoms with E-state index in [1.165, 1.54) is 11.1 Å². The van der Waals surface area contributed by atoms with Gasteiger partial charge in [0.1, 0.15) is 0 Å². The molecule has 1 fully saturated rings. The largest absolute Gasteiger partial charge is 0.352 e. The molecule has 1 amide bonds. The van der Waals surface area contributed by atoms with E-state index in [1.807, 2.05) is 6.07 Å². The highest BCUT2D eigenvalue weighted by atomic mass is 16.1. The summed E-state index contributed by atoms with van der Waals surface area (Å²) < 4.78 is 0. The zero-order valence-corrected chi connectivity index (χ0v) is 13.6. The Bertz CT molecular complexity index is 627. The first-order valence-electron chi connectivity index (χ1n) is 8.34. The molecule has 0 saturated carbocycles. The van der Waals surface area contributed by atoms with Gasteiger partial charge >= 0.3 is 0 Å². The van der Waals surface area contributed by atoms with Gasteiger partial charge in [-0.15, -0.1) is 0 Å². The second-order valence-electron chi connectivity index (χ2n) is 6.26. The van der Waals surface area contributed by atoms with Gasteiger partial charge in [0.15, 0.2) is 0 Å². The lowest BCUT2D eigenvalue weighted by Gasteiger charge is -2.42. The summed E-state index contributed by atoms with van der Waals surface area (Å²) >= 11 is 0. The number of carbonyl (C=O) groups is 1. The summed E-state index contributed by atoms with van der Waals surface area (Å²) in [6.45, 7) is 3.58. The standard InChI is InChI=1S/C20H24N2O/c1-16(23)21-19-13-8-14-22(15-17-9-4-2-5-10-17)20(19)18-11-6-3-7-12-18/h2-7,9-12,19-20H,8,13-15H2,1H3,(H,21,23)/t19-,20-/m1/s1. The number of amides is 1. The van der Waals surface area contributed by atoms with Crippen LogP contribution in [-0.2, 0) is 11.3 Å². The molecular formula is C20H24N2O. The van der Waals surface area contributed by atoms with Crippen LogP contribution in [0, 0.1) is 0 Å². The number of nitrogens with zero attached hydrogens (tertiary/aromatic N) is 1. The minimum Gasteiger partial charge on any atom is -0.352 e. The Morgan fingerprint density at radius 1 is 1.09 bits per heavy atom. The van der Waals surface area contributed by atoms with E-state index >= 15 is 0 Å². The highest BCUT2D eigenvalue weighted by molar-refractivity contribution is 5.73. The van der Waals surface area contributed by atoms with Crippen LogP contribution in [0.25, 0.3) is 0 Å². The minimum absolute atomic E-state index is 0.0532. The van der Waals surface area contributed by atoms with Gasteiger partial charge < -0.3 is 5.32 Å². The third-order valence-electron chi connectivity index (χ3n) is 4.49. The first-order valence-corrected chi connectivity index (χ1v) is 8.34. The zero-order chi connectivity index (χ0) is 16.1. The van der Waals surface area contributed by atoms with E-state index < -0.39 is 0 Å². The van der Waals surface area contributed by atoms with E-state index in [2.05, 4.69) is 64.8 Å². The maximum absolute atomic E-state index is 11.6. The van der Waals surface area contributed by atoms with Crippen LogP contribution >= 0.6 is 0 Å². The van der Waals surface area contributed by atoms with Crippen molar-refractivity contribution in [3.63, 3.8) is 0 Å². The number of benzene rings is 2. The normalized spacial score (nSPS) is 21.8. The lowest BCUT2D eigenvalue weighted by molar-refractivity contribution is -0.120. The molecule has 2 aromatic rings. The quantitative estimate of drug-likeness (QED) is 0.937. The van der Waals surface area contributed by atoms with Crippen LogP contribution in [0.1, 0.15) is 36.9 Å². The predicted molar refractivity (Wildman–Crippen MR) is 92.9 cm³/mol. The van der Waals surface area contributed by atoms with E-state index in [-0.39, 0.29) is 18.0 Å². The molecule has 0 spiro atoms. The molecule has 0 aliphatic carbocycles. The summed E-state index contributed by atoms with van der Waals surface area (Å²) in [5, 5.41) is 3.17. The SMILES string of the molecule is CC(=O)N[C@@H]1CCCN(Cc2ccccc2)[C@@H]1c1ccccc1. The molecule has 3 rings (SSSR count). The van der Waals surface area contributed by atoms with Gasteiger partial charge in [0.2, 0.25) is 5.91 Å². The number of piperidine rings is 1. The lowest BCUT2D eigenvalue weighted by Crippen LogP contribution is -2.49. The molecule has 2 aromatic carbocycles. The Kier molecular flexibility index (Phi) is 5.09. The van der Waals surface area contributed by atoms with Crippen molar-refractivity contribution in [1.29, 1.82) is 0 Å². The van der Waals surface area contributed by atoms with Gasteiger partial charge in [-0.1, -0.05) is 60.7 Å². The predicted octanol–water partition coefficient (Wildman–Crippen LogP) is 3.53. The molecule has 1 heterocycles. The van der Waals surface area contributed by atoms with Crippen LogP contribution in [-0.4, -0.2) is 23.4 Å². The molecule has 120 valence electrons. The Balaban J connectivity index is 1.87. The van der Waals surface area contributed by atoms with Gasteiger partial charge in [-0.25, -0.2) is 0 Å². The fraction of sp³-hybridized carbons (Fsp3) is 0.350. The highest BCUT2D eigenvalue weighted by Crippen LogP contribution is 2.32. The molecular weight excluding hydrogens is 284 g/mol. The third-order valence-corrected chi connectivity index (χ3v) is 4.49. The highest BCUT2D eigenvalue weighted by Gasteiger charge is 2.32. The molecule has 0 unspecified atom stereocenters. The van der Waals surface area contributed by atoms with Gasteiger partial charge in [0.25, 0.3) is 0 Å². The number of hydrogen-bond acceptors (Lipinski definition) is 2. The summed E-state index contributed by atoms with van der Waals surface area (Å²) in [6, 6.07) is 21.5. The van der Waals surface area contributed by atoms with Crippen LogP contribution in [0.2, 0.25) is 0 Å². The number of likely N-dealkylation sites (tertiary alicyclic amines) is 1. The van der Waals surface area contributed by atoms with Gasteiger partial charge in [0.05, 0.1) is 6.04 Å². The third kappa shape index (κ3) is 3.99. The lowest BCUT2D eigenvalue weighted by atomic mass is 9.89. The van der Waals surface area contributed by atoms with E-state index in [4.69, 9.17) is 0 Å². The molecule has 3 nitrogen and oxygen atoms in total. The fourth-order valence-electron chi connectivity index (χ4n) is 3.57. The van der Waals surface area contributed by atoms with Crippen LogP contribution in [0.15, 0.2) is 60.7 Å². The number of nitrogens with one attached hydrogen (secondary N) is 1. The van der Waals surface area contributed by atoms with Crippen molar-refractivity contribution < 1.29 is 4.79 Å². The zero-order valence-electron chi connectivity index (χ0n) is 13.6. The van der Waals surface area contributed by atoms with Gasteiger partial charge in [0, 0.05) is 19.5 Å². The Morgan fingerprint density at radius 2 is 1.74 bits per heavy atom. The summed E-state index contributed by atoms with van der Waals surface area (Å²) in [6.07, 6.45) is 2.14. The van der Waals surface area contributed by atoms with E-state index in [9.17, 15) is 4.79 Å². The van der Waals surface area contributed by atoms with Crippen molar-refractivity contribution in [2.75, 3.05) is 6.54 Å². The van der Waals surface area contributed by atoms with Crippen molar-refractivity contribution in [2.45, 2.75) is 38.4 Å². The van der Waals surface area contributed by atoms with Crippen molar-refractivity contribution in [3.05, 3.63) is 71.8 Å². The van der Waals surface area contributed by atoms with Crippen molar-refractivity contribution >= 4 is 5.91 Å². The molecule has 0 radical (unpaired) electrons. The molecule has 1 aliphatic rings. The van der Waals surface area contributed by atoms with Crippen molar-refractivity contribution in [2.24, 2.45) is 0 Å². The maximum Gasteiger partial charge on any atom is 0.217 e. The van der Waals surface area contributed by atoms with Crippen LogP contribution < -0.4 is 5.32 Å². The van der Waals surface area contributed by atoms with E-state index in [0.717, 1.165) is 25.9 Å². The summed E-state index contributed by atoms with van der Waals surface area (Å²) in [5.41, 5.74) is 2.60. The Hall–Kier alpha value is -2.13. The molecule has 1 N–H and O–H groups in total. The fourth-order valence-corrected chi connectivity index (χ4v) is 3.57. The Labute approximate surface area is 138 Å². The van der Waals surface area contributed by atoms with Crippen molar-refractivity contribution in [3.8, 4) is 0 Å². The smallest absolute Gasteiger partial charge is 0.217 e. The molecule has 2 atom stereocenters. The number of carbonyl (C=O) groups excluding carboxylic acids is 1. The van der Waals surface area contributed by atoms with Crippen LogP contribution in [0.5, 0.6) is 0 Å². The van der Waals surface area contributed by atoms with Gasteiger partial charge in [-0.2, -0.15) is 0 Å². The minimum atomic E-state index is 0.0532. The topological polar surface area (TPSA) is 32.3 Å². The summed E-state index contributed by atoms with van der Waals surface area (Å²) in [4.78, 5) is 14.1. The monoisotopic (exact) mass is 308 g/mol. The average Bonchev–Trinajstić information content (AvgIpc) is 2.56. The van der Waals surface area contributed by atoms with E-state index in [1.54, 1.807) is 6.92 Å². The number of hydrogen-bond donors (Lipinski definition) is 1. The summed E-state index contributed by atoms with van der Waals surface area (Å²) in [5.74, 6) is 0.0532. The first-order chi connectivity index (χ1) is 11.2. The molecule has 3 heteroatoms. The Morgan fingerprint density at radius 3 is 2.39 bits per heavy atom. The molecule has 0 bridgehead atoms. The van der Waals surface area contributed by atoms with Crippen molar-refractivity contribution in [1.82, 2.24) is 10.2 Å². The maximum atomic E-state index is 11.6. The second-order valence-corrected chi connectivity index (χ2v) is 6.26. The molecule has 1 aliphatic heterocycles. The molecule has 0 aromatic heterocycles. The molecule has 23 heavy (non-hydrogen) atoms. The number of rotatable bonds is 4. The first kappa shape index (κ1) is 15.8. The van der Waals surface area contributed by atoms with Crippen LogP contribution in [0.4, 0.5) is 0 Å². The summed E-state index contributed by atoms with van der Waals surface area (Å²) in [7, 11) is 0. The average molecular weight is 308 g/mol. The van der Waals surface area contributed by atoms with Crippen LogP contribution in [0.3, 0.4) is 0 Å². The molecule has 1 saturated heterocycles.